The molecule has 18 heavy (non-hydrogen) atoms. The minimum absolute atomic E-state index is 0.150. The van der Waals surface area contributed by atoms with Crippen LogP contribution < -0.4 is 5.32 Å². The SMILES string of the molecule is COC(=O)[C@@H](NC(CC(C)C)CC(C)C)C(C)C. The standard InChI is InChI=1S/C15H31NO2/c1-10(2)8-13(9-11(3)4)16-14(12(5)6)15(17)18-7/h10-14,16H,8-9H2,1-7H3/t14-/m0/s1. The number of ether oxygens (including phenoxy) is 1. The first-order valence-electron chi connectivity index (χ1n) is 7.11. The number of esters is 1. The molecule has 0 bridgehead atoms. The normalized spacial score (nSPS) is 13.7. The third kappa shape index (κ3) is 7.00. The molecule has 0 aromatic heterocycles. The van der Waals surface area contributed by atoms with Crippen LogP contribution in [-0.2, 0) is 9.53 Å². The highest BCUT2D eigenvalue weighted by Gasteiger charge is 2.26. The van der Waals surface area contributed by atoms with Gasteiger partial charge in [0.25, 0.3) is 0 Å². The van der Waals surface area contributed by atoms with Gasteiger partial charge in [-0.1, -0.05) is 41.5 Å². The summed E-state index contributed by atoms with van der Waals surface area (Å²) in [7, 11) is 1.46. The Kier molecular flexibility index (Phi) is 8.25. The van der Waals surface area contributed by atoms with Gasteiger partial charge in [0, 0.05) is 6.04 Å². The van der Waals surface area contributed by atoms with E-state index in [0.29, 0.717) is 17.9 Å². The Bertz CT molecular complexity index is 227. The molecule has 0 aliphatic heterocycles. The number of methoxy groups -OCH3 is 1. The van der Waals surface area contributed by atoms with Crippen molar-refractivity contribution >= 4 is 5.97 Å². The van der Waals surface area contributed by atoms with Gasteiger partial charge >= 0.3 is 5.97 Å². The fraction of sp³-hybridized carbons (Fsp3) is 0.933. The van der Waals surface area contributed by atoms with Crippen LogP contribution >= 0.6 is 0 Å². The van der Waals surface area contributed by atoms with E-state index in [0.717, 1.165) is 12.8 Å². The molecule has 0 aliphatic rings. The average molecular weight is 257 g/mol. The van der Waals surface area contributed by atoms with E-state index < -0.39 is 0 Å². The van der Waals surface area contributed by atoms with Crippen LogP contribution in [0.3, 0.4) is 0 Å². The van der Waals surface area contributed by atoms with E-state index in [1.54, 1.807) is 0 Å². The van der Waals surface area contributed by atoms with Crippen molar-refractivity contribution in [1.29, 1.82) is 0 Å². The number of carbonyl (C=O) groups is 1. The van der Waals surface area contributed by atoms with Crippen molar-refractivity contribution in [2.45, 2.75) is 66.5 Å². The van der Waals surface area contributed by atoms with Crippen molar-refractivity contribution in [1.82, 2.24) is 5.32 Å². The molecule has 0 aliphatic carbocycles. The van der Waals surface area contributed by atoms with Gasteiger partial charge in [-0.05, 0) is 30.6 Å². The monoisotopic (exact) mass is 257 g/mol. The lowest BCUT2D eigenvalue weighted by Crippen LogP contribution is -2.47. The maximum Gasteiger partial charge on any atom is 0.323 e. The molecule has 0 aromatic rings. The highest BCUT2D eigenvalue weighted by atomic mass is 16.5. The van der Waals surface area contributed by atoms with Crippen LogP contribution in [0.1, 0.15) is 54.4 Å². The van der Waals surface area contributed by atoms with E-state index in [9.17, 15) is 4.79 Å². The maximum absolute atomic E-state index is 11.8. The third-order valence-electron chi connectivity index (χ3n) is 3.05. The van der Waals surface area contributed by atoms with E-state index in [4.69, 9.17) is 4.74 Å². The number of carbonyl (C=O) groups excluding carboxylic acids is 1. The Morgan fingerprint density at radius 1 is 1.00 bits per heavy atom. The summed E-state index contributed by atoms with van der Waals surface area (Å²) in [6.45, 7) is 13.0. The second-order valence-corrected chi connectivity index (χ2v) is 6.37. The molecule has 108 valence electrons. The number of hydrogen-bond donors (Lipinski definition) is 1. The molecule has 0 aromatic carbocycles. The zero-order chi connectivity index (χ0) is 14.3. The summed E-state index contributed by atoms with van der Waals surface area (Å²) < 4.78 is 4.88. The first kappa shape index (κ1) is 17.4. The Labute approximate surface area is 113 Å². The van der Waals surface area contributed by atoms with E-state index >= 15 is 0 Å². The fourth-order valence-corrected chi connectivity index (χ4v) is 2.28. The second kappa shape index (κ2) is 8.52. The molecule has 0 saturated carbocycles. The Morgan fingerprint density at radius 2 is 1.44 bits per heavy atom. The van der Waals surface area contributed by atoms with Crippen LogP contribution in [-0.4, -0.2) is 25.2 Å². The van der Waals surface area contributed by atoms with Gasteiger partial charge < -0.3 is 10.1 Å². The maximum atomic E-state index is 11.8. The summed E-state index contributed by atoms with van der Waals surface area (Å²) in [6.07, 6.45) is 2.19. The zero-order valence-electron chi connectivity index (χ0n) is 13.1. The summed E-state index contributed by atoms with van der Waals surface area (Å²) in [6, 6.07) is 0.189. The molecule has 0 unspecified atom stereocenters. The minimum atomic E-state index is -0.197. The highest BCUT2D eigenvalue weighted by molar-refractivity contribution is 5.75. The number of nitrogens with one attached hydrogen (secondary N) is 1. The van der Waals surface area contributed by atoms with Gasteiger partial charge in [0.2, 0.25) is 0 Å². The van der Waals surface area contributed by atoms with Gasteiger partial charge in [-0.15, -0.1) is 0 Å². The van der Waals surface area contributed by atoms with Crippen LogP contribution in [0.5, 0.6) is 0 Å². The first-order chi connectivity index (χ1) is 8.27. The van der Waals surface area contributed by atoms with E-state index in [1.165, 1.54) is 7.11 Å². The van der Waals surface area contributed by atoms with Crippen LogP contribution in [0.25, 0.3) is 0 Å². The molecule has 0 radical (unpaired) electrons. The van der Waals surface area contributed by atoms with Crippen LogP contribution in [0.2, 0.25) is 0 Å². The molecular formula is C15H31NO2. The van der Waals surface area contributed by atoms with Gasteiger partial charge in [-0.25, -0.2) is 0 Å². The van der Waals surface area contributed by atoms with Crippen molar-refractivity contribution in [2.24, 2.45) is 17.8 Å². The summed E-state index contributed by atoms with van der Waals surface area (Å²) >= 11 is 0. The van der Waals surface area contributed by atoms with Crippen molar-refractivity contribution in [3.8, 4) is 0 Å². The zero-order valence-corrected chi connectivity index (χ0v) is 13.1. The lowest BCUT2D eigenvalue weighted by molar-refractivity contribution is -0.144. The number of hydrogen-bond acceptors (Lipinski definition) is 3. The summed E-state index contributed by atoms with van der Waals surface area (Å²) in [4.78, 5) is 11.8. The van der Waals surface area contributed by atoms with Crippen LogP contribution in [0, 0.1) is 17.8 Å². The molecule has 0 rings (SSSR count). The molecule has 0 amide bonds. The van der Waals surface area contributed by atoms with Gasteiger partial charge in [0.05, 0.1) is 7.11 Å². The van der Waals surface area contributed by atoms with Gasteiger partial charge in [-0.2, -0.15) is 0 Å². The first-order valence-corrected chi connectivity index (χ1v) is 7.11. The summed E-state index contributed by atoms with van der Waals surface area (Å²) in [5.74, 6) is 1.36. The van der Waals surface area contributed by atoms with Crippen molar-refractivity contribution in [3.05, 3.63) is 0 Å². The Hall–Kier alpha value is -0.570. The predicted molar refractivity (Wildman–Crippen MR) is 76.5 cm³/mol. The van der Waals surface area contributed by atoms with Crippen molar-refractivity contribution in [3.63, 3.8) is 0 Å². The molecule has 3 nitrogen and oxygen atoms in total. The Balaban J connectivity index is 4.63. The largest absolute Gasteiger partial charge is 0.468 e. The van der Waals surface area contributed by atoms with Gasteiger partial charge in [-0.3, -0.25) is 4.79 Å². The molecule has 0 spiro atoms. The van der Waals surface area contributed by atoms with E-state index in [1.807, 2.05) is 0 Å². The lowest BCUT2D eigenvalue weighted by atomic mass is 9.93. The quantitative estimate of drug-likeness (QED) is 0.678. The van der Waals surface area contributed by atoms with Crippen LogP contribution in [0.4, 0.5) is 0 Å². The molecule has 1 atom stereocenters. The second-order valence-electron chi connectivity index (χ2n) is 6.37. The van der Waals surface area contributed by atoms with E-state index in [2.05, 4.69) is 46.9 Å². The highest BCUT2D eigenvalue weighted by Crippen LogP contribution is 2.16. The Morgan fingerprint density at radius 3 is 1.72 bits per heavy atom. The number of rotatable bonds is 8. The topological polar surface area (TPSA) is 38.3 Å². The third-order valence-corrected chi connectivity index (χ3v) is 3.05. The summed E-state index contributed by atoms with van der Waals surface area (Å²) in [5.41, 5.74) is 0. The minimum Gasteiger partial charge on any atom is -0.468 e. The van der Waals surface area contributed by atoms with Crippen molar-refractivity contribution < 1.29 is 9.53 Å². The molecule has 3 heteroatoms. The predicted octanol–water partition coefficient (Wildman–Crippen LogP) is 3.23. The average Bonchev–Trinajstić information content (AvgIpc) is 2.22. The fourth-order valence-electron chi connectivity index (χ4n) is 2.28. The van der Waals surface area contributed by atoms with Gasteiger partial charge in [0.1, 0.15) is 6.04 Å². The molecule has 0 saturated heterocycles. The van der Waals surface area contributed by atoms with Crippen LogP contribution in [0.15, 0.2) is 0 Å². The van der Waals surface area contributed by atoms with E-state index in [-0.39, 0.29) is 17.9 Å². The molecular weight excluding hydrogens is 226 g/mol. The molecule has 1 N–H and O–H groups in total. The summed E-state index contributed by atoms with van der Waals surface area (Å²) in [5, 5.41) is 3.49. The smallest absolute Gasteiger partial charge is 0.323 e. The van der Waals surface area contributed by atoms with Crippen molar-refractivity contribution in [2.75, 3.05) is 7.11 Å². The van der Waals surface area contributed by atoms with Gasteiger partial charge in [0.15, 0.2) is 0 Å². The molecule has 0 heterocycles. The lowest BCUT2D eigenvalue weighted by Gasteiger charge is -2.28. The molecule has 0 fully saturated rings.